The Kier molecular flexibility index (Phi) is 6.24. The molecular weight excluding hydrogens is 315 g/mol. The first kappa shape index (κ1) is 15.6. The van der Waals surface area contributed by atoms with Crippen LogP contribution in [-0.4, -0.2) is 25.5 Å². The van der Waals surface area contributed by atoms with Gasteiger partial charge in [0.05, 0.1) is 24.6 Å². The van der Waals surface area contributed by atoms with Gasteiger partial charge in [0.25, 0.3) is 0 Å². The third-order valence-electron chi connectivity index (χ3n) is 2.89. The van der Waals surface area contributed by atoms with Gasteiger partial charge in [-0.2, -0.15) is 0 Å². The molecular formula is C13H20BrO3P. The number of benzene rings is 1. The van der Waals surface area contributed by atoms with Crippen molar-refractivity contribution in [2.45, 2.75) is 19.8 Å². The first-order chi connectivity index (χ1) is 8.62. The van der Waals surface area contributed by atoms with E-state index in [1.807, 2.05) is 18.2 Å². The second-order valence-corrected chi connectivity index (χ2v) is 8.55. The zero-order valence-electron chi connectivity index (χ0n) is 11.1. The zero-order valence-corrected chi connectivity index (χ0v) is 13.6. The minimum Gasteiger partial charge on any atom is -0.493 e. The third kappa shape index (κ3) is 3.30. The molecule has 0 aromatic heterocycles. The van der Waals surface area contributed by atoms with E-state index in [1.54, 1.807) is 14.2 Å². The summed E-state index contributed by atoms with van der Waals surface area (Å²) >= 11 is 3.39. The lowest BCUT2D eigenvalue weighted by molar-refractivity contribution is 0.357. The number of ether oxygens (including phenoxy) is 2. The van der Waals surface area contributed by atoms with E-state index in [-0.39, 0.29) is 0 Å². The van der Waals surface area contributed by atoms with Gasteiger partial charge in [-0.1, -0.05) is 35.3 Å². The van der Waals surface area contributed by atoms with Gasteiger partial charge in [0.15, 0.2) is 11.5 Å². The highest BCUT2D eigenvalue weighted by Crippen LogP contribution is 2.50. The number of rotatable bonds is 7. The van der Waals surface area contributed by atoms with Crippen LogP contribution in [0.25, 0.3) is 0 Å². The van der Waals surface area contributed by atoms with Crippen LogP contribution in [0.5, 0.6) is 11.5 Å². The summed E-state index contributed by atoms with van der Waals surface area (Å²) in [6.45, 7) is 2.10. The smallest absolute Gasteiger partial charge is 0.171 e. The maximum Gasteiger partial charge on any atom is 0.171 e. The predicted octanol–water partition coefficient (Wildman–Crippen LogP) is 3.84. The lowest BCUT2D eigenvalue weighted by Gasteiger charge is -2.20. The Balaban J connectivity index is 3.24. The predicted molar refractivity (Wildman–Crippen MR) is 80.4 cm³/mol. The number of unbranched alkanes of at least 4 members (excludes halogenated alkanes) is 1. The molecule has 0 N–H and O–H groups in total. The number of halogens is 1. The Morgan fingerprint density at radius 3 is 2.50 bits per heavy atom. The zero-order chi connectivity index (χ0) is 13.6. The van der Waals surface area contributed by atoms with Gasteiger partial charge >= 0.3 is 0 Å². The van der Waals surface area contributed by atoms with E-state index in [0.29, 0.717) is 22.7 Å². The third-order valence-corrected chi connectivity index (χ3v) is 7.97. The molecule has 102 valence electrons. The molecule has 0 bridgehead atoms. The van der Waals surface area contributed by atoms with Gasteiger partial charge in [0, 0.05) is 6.16 Å². The molecule has 1 aromatic carbocycles. The average Bonchev–Trinajstić information content (AvgIpc) is 2.43. The summed E-state index contributed by atoms with van der Waals surface area (Å²) < 4.78 is 23.6. The second kappa shape index (κ2) is 7.20. The van der Waals surface area contributed by atoms with E-state index in [1.165, 1.54) is 0 Å². The van der Waals surface area contributed by atoms with Gasteiger partial charge in [0.1, 0.15) is 7.14 Å². The van der Waals surface area contributed by atoms with Crippen LogP contribution < -0.4 is 14.8 Å². The Labute approximate surface area is 117 Å². The molecule has 0 saturated heterocycles. The summed E-state index contributed by atoms with van der Waals surface area (Å²) in [6.07, 6.45) is 2.67. The molecule has 0 amide bonds. The Morgan fingerprint density at radius 1 is 1.28 bits per heavy atom. The van der Waals surface area contributed by atoms with E-state index in [9.17, 15) is 4.57 Å². The summed E-state index contributed by atoms with van der Waals surface area (Å²) in [6, 6.07) is 5.55. The highest BCUT2D eigenvalue weighted by atomic mass is 79.9. The average molecular weight is 335 g/mol. The Bertz CT molecular complexity index is 434. The lowest BCUT2D eigenvalue weighted by Crippen LogP contribution is -2.13. The molecule has 1 unspecified atom stereocenters. The van der Waals surface area contributed by atoms with Crippen molar-refractivity contribution < 1.29 is 14.0 Å². The van der Waals surface area contributed by atoms with Gasteiger partial charge in [-0.3, -0.25) is 0 Å². The molecule has 1 rings (SSSR count). The molecule has 0 fully saturated rings. The molecule has 0 spiro atoms. The molecule has 1 atom stereocenters. The van der Waals surface area contributed by atoms with Crippen molar-refractivity contribution in [2.75, 3.05) is 25.5 Å². The normalized spacial score (nSPS) is 14.0. The van der Waals surface area contributed by atoms with Crippen molar-refractivity contribution >= 4 is 28.4 Å². The second-order valence-electron chi connectivity index (χ2n) is 4.10. The minimum atomic E-state index is -2.45. The monoisotopic (exact) mass is 334 g/mol. The van der Waals surface area contributed by atoms with Crippen molar-refractivity contribution in [1.82, 2.24) is 0 Å². The topological polar surface area (TPSA) is 35.5 Å². The van der Waals surface area contributed by atoms with Crippen molar-refractivity contribution in [1.29, 1.82) is 0 Å². The SMILES string of the molecule is CCCCP(=O)(CBr)c1cccc(OC)c1OC. The molecule has 18 heavy (non-hydrogen) atoms. The minimum absolute atomic E-state index is 0.476. The maximum absolute atomic E-state index is 13.0. The van der Waals surface area contributed by atoms with Gasteiger partial charge in [0.2, 0.25) is 0 Å². The highest BCUT2D eigenvalue weighted by molar-refractivity contribution is 9.10. The van der Waals surface area contributed by atoms with Gasteiger partial charge < -0.3 is 14.0 Å². The summed E-state index contributed by atoms with van der Waals surface area (Å²) in [7, 11) is 0.721. The summed E-state index contributed by atoms with van der Waals surface area (Å²) in [5.74, 6) is 1.23. The highest BCUT2D eigenvalue weighted by Gasteiger charge is 2.28. The number of methoxy groups -OCH3 is 2. The van der Waals surface area contributed by atoms with Crippen molar-refractivity contribution in [2.24, 2.45) is 0 Å². The van der Waals surface area contributed by atoms with Crippen molar-refractivity contribution in [3.63, 3.8) is 0 Å². The van der Waals surface area contributed by atoms with Crippen LogP contribution >= 0.6 is 23.1 Å². The fourth-order valence-electron chi connectivity index (χ4n) is 1.85. The standard InChI is InChI=1S/C13H20BrO3P/c1-4-5-9-18(15,10-14)12-8-6-7-11(16-2)13(12)17-3/h6-8H,4-5,9-10H2,1-3H3. The first-order valence-corrected chi connectivity index (χ1v) is 9.18. The molecule has 3 nitrogen and oxygen atoms in total. The first-order valence-electron chi connectivity index (χ1n) is 5.98. The fourth-order valence-corrected chi connectivity index (χ4v) is 5.66. The van der Waals surface area contributed by atoms with Crippen LogP contribution in [0.2, 0.25) is 0 Å². The van der Waals surface area contributed by atoms with Gasteiger partial charge in [-0.05, 0) is 18.6 Å². The van der Waals surface area contributed by atoms with Crippen LogP contribution in [0.1, 0.15) is 19.8 Å². The molecule has 0 aliphatic heterocycles. The largest absolute Gasteiger partial charge is 0.493 e. The summed E-state index contributed by atoms with van der Waals surface area (Å²) in [5.41, 5.74) is 0. The molecule has 5 heteroatoms. The molecule has 0 radical (unpaired) electrons. The maximum atomic E-state index is 13.0. The van der Waals surface area contributed by atoms with Gasteiger partial charge in [-0.25, -0.2) is 0 Å². The quantitative estimate of drug-likeness (QED) is 0.561. The van der Waals surface area contributed by atoms with Crippen LogP contribution in [0.4, 0.5) is 0 Å². The van der Waals surface area contributed by atoms with Crippen LogP contribution in [0.3, 0.4) is 0 Å². The van der Waals surface area contributed by atoms with E-state index < -0.39 is 7.14 Å². The molecule has 1 aromatic rings. The number of hydrogen-bond donors (Lipinski definition) is 0. The van der Waals surface area contributed by atoms with E-state index in [0.717, 1.165) is 18.1 Å². The number of alkyl halides is 1. The van der Waals surface area contributed by atoms with E-state index >= 15 is 0 Å². The lowest BCUT2D eigenvalue weighted by atomic mass is 10.3. The van der Waals surface area contributed by atoms with Crippen LogP contribution in [-0.2, 0) is 4.57 Å². The number of hydrogen-bond acceptors (Lipinski definition) is 3. The molecule has 0 aliphatic rings. The van der Waals surface area contributed by atoms with E-state index in [4.69, 9.17) is 9.47 Å². The summed E-state index contributed by atoms with van der Waals surface area (Å²) in [5, 5.41) is 1.25. The Morgan fingerprint density at radius 2 is 2.00 bits per heavy atom. The molecule has 0 heterocycles. The fraction of sp³-hybridized carbons (Fsp3) is 0.538. The van der Waals surface area contributed by atoms with Crippen LogP contribution in [0.15, 0.2) is 18.2 Å². The summed E-state index contributed by atoms with van der Waals surface area (Å²) in [4.78, 5) is 0. The van der Waals surface area contributed by atoms with Crippen molar-refractivity contribution in [3.8, 4) is 11.5 Å². The van der Waals surface area contributed by atoms with Crippen molar-refractivity contribution in [3.05, 3.63) is 18.2 Å². The molecule has 0 aliphatic carbocycles. The van der Waals surface area contributed by atoms with Gasteiger partial charge in [-0.15, -0.1) is 0 Å². The molecule has 0 saturated carbocycles. The van der Waals surface area contributed by atoms with E-state index in [2.05, 4.69) is 22.9 Å². The van der Waals surface area contributed by atoms with Crippen LogP contribution in [0, 0.1) is 0 Å². The Hall–Kier alpha value is -0.470. The number of para-hydroxylation sites is 1.